The van der Waals surface area contributed by atoms with Crippen molar-refractivity contribution in [2.24, 2.45) is 0 Å². The first kappa shape index (κ1) is 20.4. The molecule has 7 heteroatoms. The standard InChI is InChI=1S/C21H23F3N2O2/c22-21(23,24)18-8-4-5-16(13-18)14-20(27)25-19(17-6-2-1-3-7-17)15-26-9-11-28-12-10-26/h1-8,13,19H,9-12,14-15H2,(H,25,27)/t19-/m1/s1. The first-order valence-corrected chi connectivity index (χ1v) is 9.22. The summed E-state index contributed by atoms with van der Waals surface area (Å²) < 4.78 is 44.0. The first-order valence-electron chi connectivity index (χ1n) is 9.22. The highest BCUT2D eigenvalue weighted by Crippen LogP contribution is 2.29. The molecule has 0 saturated carbocycles. The fourth-order valence-electron chi connectivity index (χ4n) is 3.25. The Morgan fingerprint density at radius 3 is 2.46 bits per heavy atom. The monoisotopic (exact) mass is 392 g/mol. The van der Waals surface area contributed by atoms with Crippen molar-refractivity contribution in [2.75, 3.05) is 32.8 Å². The number of alkyl halides is 3. The largest absolute Gasteiger partial charge is 0.416 e. The number of rotatable bonds is 6. The molecule has 1 saturated heterocycles. The second kappa shape index (κ2) is 9.21. The van der Waals surface area contributed by atoms with E-state index in [1.54, 1.807) is 0 Å². The van der Waals surface area contributed by atoms with Crippen molar-refractivity contribution in [1.82, 2.24) is 10.2 Å². The summed E-state index contributed by atoms with van der Waals surface area (Å²) in [5.41, 5.74) is 0.558. The molecule has 0 aromatic heterocycles. The summed E-state index contributed by atoms with van der Waals surface area (Å²) >= 11 is 0. The van der Waals surface area contributed by atoms with Crippen LogP contribution in [0.1, 0.15) is 22.7 Å². The molecule has 1 heterocycles. The Morgan fingerprint density at radius 2 is 1.79 bits per heavy atom. The molecule has 3 rings (SSSR count). The number of hydrogen-bond acceptors (Lipinski definition) is 3. The van der Waals surface area contributed by atoms with Gasteiger partial charge >= 0.3 is 6.18 Å². The quantitative estimate of drug-likeness (QED) is 0.819. The number of hydrogen-bond donors (Lipinski definition) is 1. The maximum Gasteiger partial charge on any atom is 0.416 e. The number of morpholine rings is 1. The zero-order valence-corrected chi connectivity index (χ0v) is 15.4. The number of nitrogens with zero attached hydrogens (tertiary/aromatic N) is 1. The SMILES string of the molecule is O=C(Cc1cccc(C(F)(F)F)c1)N[C@H](CN1CCOCC1)c1ccccc1. The van der Waals surface area contributed by atoms with E-state index in [4.69, 9.17) is 4.74 Å². The summed E-state index contributed by atoms with van der Waals surface area (Å²) in [7, 11) is 0. The molecule has 1 aliphatic rings. The van der Waals surface area contributed by atoms with Crippen molar-refractivity contribution in [3.63, 3.8) is 0 Å². The molecule has 2 aromatic rings. The van der Waals surface area contributed by atoms with Gasteiger partial charge in [-0.05, 0) is 17.2 Å². The zero-order valence-electron chi connectivity index (χ0n) is 15.4. The Labute approximate surface area is 162 Å². The van der Waals surface area contributed by atoms with E-state index >= 15 is 0 Å². The molecule has 2 aromatic carbocycles. The van der Waals surface area contributed by atoms with E-state index in [0.717, 1.165) is 30.8 Å². The van der Waals surface area contributed by atoms with Crippen LogP contribution in [0, 0.1) is 0 Å². The van der Waals surface area contributed by atoms with Crippen LogP contribution in [0.15, 0.2) is 54.6 Å². The summed E-state index contributed by atoms with van der Waals surface area (Å²) in [6, 6.07) is 14.2. The lowest BCUT2D eigenvalue weighted by Gasteiger charge is -2.31. The van der Waals surface area contributed by atoms with Gasteiger partial charge in [0.25, 0.3) is 0 Å². The van der Waals surface area contributed by atoms with Crippen LogP contribution < -0.4 is 5.32 Å². The van der Waals surface area contributed by atoms with Gasteiger partial charge < -0.3 is 10.1 Å². The van der Waals surface area contributed by atoms with Gasteiger partial charge in [0.1, 0.15) is 0 Å². The minimum Gasteiger partial charge on any atom is -0.379 e. The van der Waals surface area contributed by atoms with E-state index in [1.165, 1.54) is 12.1 Å². The molecule has 0 aliphatic carbocycles. The number of carbonyl (C=O) groups is 1. The van der Waals surface area contributed by atoms with Crippen molar-refractivity contribution in [3.8, 4) is 0 Å². The highest BCUT2D eigenvalue weighted by atomic mass is 19.4. The van der Waals surface area contributed by atoms with E-state index in [9.17, 15) is 18.0 Å². The molecule has 28 heavy (non-hydrogen) atoms. The second-order valence-corrected chi connectivity index (χ2v) is 6.82. The average Bonchev–Trinajstić information content (AvgIpc) is 2.68. The average molecular weight is 392 g/mol. The lowest BCUT2D eigenvalue weighted by molar-refractivity contribution is -0.137. The maximum atomic E-state index is 12.9. The first-order chi connectivity index (χ1) is 13.4. The van der Waals surface area contributed by atoms with Crippen LogP contribution in [0.3, 0.4) is 0 Å². The topological polar surface area (TPSA) is 41.6 Å². The van der Waals surface area contributed by atoms with Gasteiger partial charge in [-0.2, -0.15) is 13.2 Å². The lowest BCUT2D eigenvalue weighted by Crippen LogP contribution is -2.43. The minimum atomic E-state index is -4.42. The number of halogens is 3. The Morgan fingerprint density at radius 1 is 1.07 bits per heavy atom. The zero-order chi connectivity index (χ0) is 20.0. The van der Waals surface area contributed by atoms with Crippen molar-refractivity contribution in [1.29, 1.82) is 0 Å². The van der Waals surface area contributed by atoms with Crippen LogP contribution in [0.25, 0.3) is 0 Å². The predicted molar refractivity (Wildman–Crippen MR) is 99.7 cm³/mol. The van der Waals surface area contributed by atoms with E-state index < -0.39 is 11.7 Å². The van der Waals surface area contributed by atoms with Crippen molar-refractivity contribution in [2.45, 2.75) is 18.6 Å². The third-order valence-corrected chi connectivity index (χ3v) is 4.70. The summed E-state index contributed by atoms with van der Waals surface area (Å²) in [5, 5.41) is 2.98. The fraction of sp³-hybridized carbons (Fsp3) is 0.381. The molecular weight excluding hydrogens is 369 g/mol. The number of nitrogens with one attached hydrogen (secondary N) is 1. The van der Waals surface area contributed by atoms with Crippen LogP contribution in [-0.4, -0.2) is 43.7 Å². The maximum absolute atomic E-state index is 12.9. The van der Waals surface area contributed by atoms with Crippen molar-refractivity contribution >= 4 is 5.91 Å². The van der Waals surface area contributed by atoms with Gasteiger partial charge in [0, 0.05) is 19.6 Å². The van der Waals surface area contributed by atoms with Gasteiger partial charge in [0.05, 0.1) is 31.2 Å². The highest BCUT2D eigenvalue weighted by molar-refractivity contribution is 5.79. The highest BCUT2D eigenvalue weighted by Gasteiger charge is 2.30. The number of carbonyl (C=O) groups excluding carboxylic acids is 1. The molecule has 4 nitrogen and oxygen atoms in total. The van der Waals surface area contributed by atoms with Gasteiger partial charge in [0.15, 0.2) is 0 Å². The third kappa shape index (κ3) is 5.81. The smallest absolute Gasteiger partial charge is 0.379 e. The van der Waals surface area contributed by atoms with Crippen LogP contribution in [0.2, 0.25) is 0 Å². The molecule has 1 N–H and O–H groups in total. The number of amides is 1. The molecule has 0 bridgehead atoms. The lowest BCUT2D eigenvalue weighted by atomic mass is 10.0. The molecule has 1 amide bonds. The number of ether oxygens (including phenoxy) is 1. The summed E-state index contributed by atoms with van der Waals surface area (Å²) in [6.07, 6.45) is -4.52. The summed E-state index contributed by atoms with van der Waals surface area (Å²) in [4.78, 5) is 14.8. The van der Waals surface area contributed by atoms with E-state index in [1.807, 2.05) is 30.3 Å². The van der Waals surface area contributed by atoms with Crippen LogP contribution in [0.4, 0.5) is 13.2 Å². The molecular formula is C21H23F3N2O2. The van der Waals surface area contributed by atoms with Gasteiger partial charge in [-0.15, -0.1) is 0 Å². The Hall–Kier alpha value is -2.38. The Bertz CT molecular complexity index is 775. The van der Waals surface area contributed by atoms with E-state index in [2.05, 4.69) is 10.2 Å². The van der Waals surface area contributed by atoms with Crippen LogP contribution >= 0.6 is 0 Å². The van der Waals surface area contributed by atoms with Gasteiger partial charge in [-0.3, -0.25) is 9.69 Å². The molecule has 0 unspecified atom stereocenters. The molecule has 0 radical (unpaired) electrons. The van der Waals surface area contributed by atoms with Gasteiger partial charge in [-0.1, -0.05) is 48.5 Å². The molecule has 1 atom stereocenters. The van der Waals surface area contributed by atoms with Crippen molar-refractivity contribution < 1.29 is 22.7 Å². The van der Waals surface area contributed by atoms with Crippen LogP contribution in [0.5, 0.6) is 0 Å². The van der Waals surface area contributed by atoms with Gasteiger partial charge in [-0.25, -0.2) is 0 Å². The summed E-state index contributed by atoms with van der Waals surface area (Å²) in [6.45, 7) is 3.50. The molecule has 1 fully saturated rings. The second-order valence-electron chi connectivity index (χ2n) is 6.82. The van der Waals surface area contributed by atoms with E-state index in [0.29, 0.717) is 25.3 Å². The number of benzene rings is 2. The fourth-order valence-corrected chi connectivity index (χ4v) is 3.25. The van der Waals surface area contributed by atoms with Gasteiger partial charge in [0.2, 0.25) is 5.91 Å². The third-order valence-electron chi connectivity index (χ3n) is 4.70. The minimum absolute atomic E-state index is 0.101. The molecule has 150 valence electrons. The van der Waals surface area contributed by atoms with E-state index in [-0.39, 0.29) is 18.4 Å². The molecule has 0 spiro atoms. The molecule has 1 aliphatic heterocycles. The van der Waals surface area contributed by atoms with Crippen LogP contribution in [-0.2, 0) is 22.1 Å². The summed E-state index contributed by atoms with van der Waals surface area (Å²) in [5.74, 6) is -0.304. The Kier molecular flexibility index (Phi) is 6.70. The predicted octanol–water partition coefficient (Wildman–Crippen LogP) is 3.44. The Balaban J connectivity index is 1.68. The normalized spacial score (nSPS) is 16.5. The van der Waals surface area contributed by atoms with Crippen molar-refractivity contribution in [3.05, 3.63) is 71.3 Å².